The second-order valence-corrected chi connectivity index (χ2v) is 7.64. The van der Waals surface area contributed by atoms with Crippen molar-refractivity contribution in [2.75, 3.05) is 18.4 Å². The molecule has 2 heterocycles. The summed E-state index contributed by atoms with van der Waals surface area (Å²) < 4.78 is 5.22. The molecule has 0 atom stereocenters. The third-order valence-electron chi connectivity index (χ3n) is 4.86. The first-order valence-corrected chi connectivity index (χ1v) is 10.0. The number of hydrogen-bond acceptors (Lipinski definition) is 5. The Bertz CT molecular complexity index is 735. The van der Waals surface area contributed by atoms with Crippen molar-refractivity contribution in [2.24, 2.45) is 0 Å². The number of carbonyl (C=O) groups excluding carboxylic acids is 1. The van der Waals surface area contributed by atoms with Crippen LogP contribution in [0, 0.1) is 0 Å². The predicted octanol–water partition coefficient (Wildman–Crippen LogP) is 4.14. The number of piperidine rings is 1. The van der Waals surface area contributed by atoms with Crippen LogP contribution in [0.3, 0.4) is 0 Å². The molecule has 1 N–H and O–H groups in total. The average molecular weight is 370 g/mol. The summed E-state index contributed by atoms with van der Waals surface area (Å²) in [6.45, 7) is 7.36. The van der Waals surface area contributed by atoms with Gasteiger partial charge in [-0.2, -0.15) is 4.98 Å². The highest BCUT2D eigenvalue weighted by molar-refractivity contribution is 5.90. The van der Waals surface area contributed by atoms with E-state index in [0.717, 1.165) is 18.1 Å². The van der Waals surface area contributed by atoms with Gasteiger partial charge >= 0.3 is 0 Å². The first-order chi connectivity index (χ1) is 13.1. The van der Waals surface area contributed by atoms with E-state index in [1.807, 2.05) is 26.0 Å². The smallest absolute Gasteiger partial charge is 0.226 e. The number of aryl methyl sites for hydroxylation is 1. The van der Waals surface area contributed by atoms with Gasteiger partial charge in [-0.15, -0.1) is 0 Å². The molecule has 3 rings (SSSR count). The van der Waals surface area contributed by atoms with E-state index >= 15 is 0 Å². The Morgan fingerprint density at radius 3 is 2.81 bits per heavy atom. The standard InChI is InChI=1S/C21H30N4O2/c1-16(2)21-23-20(27-24-21)11-7-10-19(26)22-18-9-6-8-17(14-18)15-25-12-4-3-5-13-25/h6,8-9,14,16H,3-5,7,10-13,15H2,1-2H3,(H,22,26). The molecular weight excluding hydrogens is 340 g/mol. The number of nitrogens with zero attached hydrogens (tertiary/aromatic N) is 3. The van der Waals surface area contributed by atoms with E-state index in [1.54, 1.807) is 0 Å². The largest absolute Gasteiger partial charge is 0.339 e. The average Bonchev–Trinajstić information content (AvgIpc) is 3.12. The fourth-order valence-electron chi connectivity index (χ4n) is 3.35. The molecule has 0 radical (unpaired) electrons. The van der Waals surface area contributed by atoms with Gasteiger partial charge in [-0.3, -0.25) is 9.69 Å². The molecule has 6 heteroatoms. The van der Waals surface area contributed by atoms with Gasteiger partial charge in [0, 0.05) is 31.0 Å². The summed E-state index contributed by atoms with van der Waals surface area (Å²) in [5.74, 6) is 1.60. The highest BCUT2D eigenvalue weighted by Gasteiger charge is 2.12. The Kier molecular flexibility index (Phi) is 6.98. The molecule has 0 aliphatic carbocycles. The second-order valence-electron chi connectivity index (χ2n) is 7.64. The summed E-state index contributed by atoms with van der Waals surface area (Å²) in [7, 11) is 0. The van der Waals surface area contributed by atoms with E-state index in [0.29, 0.717) is 25.2 Å². The number of carbonyl (C=O) groups is 1. The number of benzene rings is 1. The summed E-state index contributed by atoms with van der Waals surface area (Å²) in [5, 5.41) is 6.95. The molecule has 1 fully saturated rings. The second kappa shape index (κ2) is 9.65. The van der Waals surface area contributed by atoms with Crippen molar-refractivity contribution in [1.29, 1.82) is 0 Å². The van der Waals surface area contributed by atoms with Crippen molar-refractivity contribution in [1.82, 2.24) is 15.0 Å². The Morgan fingerprint density at radius 1 is 1.26 bits per heavy atom. The number of likely N-dealkylation sites (tertiary alicyclic amines) is 1. The van der Waals surface area contributed by atoms with E-state index < -0.39 is 0 Å². The fraction of sp³-hybridized carbons (Fsp3) is 0.571. The third kappa shape index (κ3) is 6.17. The lowest BCUT2D eigenvalue weighted by atomic mass is 10.1. The highest BCUT2D eigenvalue weighted by atomic mass is 16.5. The van der Waals surface area contributed by atoms with Gasteiger partial charge in [-0.05, 0) is 50.0 Å². The molecule has 1 aliphatic heterocycles. The van der Waals surface area contributed by atoms with Crippen LogP contribution in [0.25, 0.3) is 0 Å². The lowest BCUT2D eigenvalue weighted by Gasteiger charge is -2.26. The highest BCUT2D eigenvalue weighted by Crippen LogP contribution is 2.17. The zero-order valence-corrected chi connectivity index (χ0v) is 16.4. The van der Waals surface area contributed by atoms with Crippen LogP contribution in [-0.2, 0) is 17.8 Å². The zero-order chi connectivity index (χ0) is 19.1. The van der Waals surface area contributed by atoms with Crippen LogP contribution in [0.2, 0.25) is 0 Å². The topological polar surface area (TPSA) is 71.3 Å². The van der Waals surface area contributed by atoms with Crippen LogP contribution in [-0.4, -0.2) is 34.0 Å². The molecule has 1 amide bonds. The molecule has 1 aromatic heterocycles. The SMILES string of the molecule is CC(C)c1noc(CCCC(=O)Nc2cccc(CN3CCCCC3)c2)n1. The Morgan fingerprint density at radius 2 is 2.07 bits per heavy atom. The van der Waals surface area contributed by atoms with Gasteiger partial charge in [-0.25, -0.2) is 0 Å². The summed E-state index contributed by atoms with van der Waals surface area (Å²) in [6, 6.07) is 8.18. The van der Waals surface area contributed by atoms with Gasteiger partial charge in [0.15, 0.2) is 5.82 Å². The van der Waals surface area contributed by atoms with E-state index in [4.69, 9.17) is 4.52 Å². The Labute approximate surface area is 161 Å². The molecule has 27 heavy (non-hydrogen) atoms. The normalized spacial score (nSPS) is 15.2. The maximum Gasteiger partial charge on any atom is 0.226 e. The van der Waals surface area contributed by atoms with Crippen LogP contribution in [0.4, 0.5) is 5.69 Å². The van der Waals surface area contributed by atoms with E-state index in [9.17, 15) is 4.79 Å². The van der Waals surface area contributed by atoms with Gasteiger partial charge in [0.05, 0.1) is 0 Å². The van der Waals surface area contributed by atoms with E-state index in [-0.39, 0.29) is 11.8 Å². The minimum Gasteiger partial charge on any atom is -0.339 e. The quantitative estimate of drug-likeness (QED) is 0.756. The lowest BCUT2D eigenvalue weighted by Crippen LogP contribution is -2.29. The third-order valence-corrected chi connectivity index (χ3v) is 4.86. The van der Waals surface area contributed by atoms with Gasteiger partial charge < -0.3 is 9.84 Å². The predicted molar refractivity (Wildman–Crippen MR) is 106 cm³/mol. The zero-order valence-electron chi connectivity index (χ0n) is 16.4. The van der Waals surface area contributed by atoms with Crippen molar-refractivity contribution < 1.29 is 9.32 Å². The lowest BCUT2D eigenvalue weighted by molar-refractivity contribution is -0.116. The van der Waals surface area contributed by atoms with Crippen LogP contribution in [0.15, 0.2) is 28.8 Å². The molecule has 1 aromatic carbocycles. The fourth-order valence-corrected chi connectivity index (χ4v) is 3.35. The molecule has 146 valence electrons. The van der Waals surface area contributed by atoms with Crippen LogP contribution in [0.1, 0.15) is 69.1 Å². The molecule has 0 unspecified atom stereocenters. The van der Waals surface area contributed by atoms with Crippen LogP contribution < -0.4 is 5.32 Å². The molecule has 0 spiro atoms. The summed E-state index contributed by atoms with van der Waals surface area (Å²) in [6.07, 6.45) is 5.68. The number of amides is 1. The van der Waals surface area contributed by atoms with Crippen molar-refractivity contribution in [3.8, 4) is 0 Å². The number of nitrogens with one attached hydrogen (secondary N) is 1. The number of aromatic nitrogens is 2. The van der Waals surface area contributed by atoms with Crippen LogP contribution in [0.5, 0.6) is 0 Å². The number of anilines is 1. The molecule has 1 saturated heterocycles. The first-order valence-electron chi connectivity index (χ1n) is 10.0. The summed E-state index contributed by atoms with van der Waals surface area (Å²) in [5.41, 5.74) is 2.12. The molecule has 6 nitrogen and oxygen atoms in total. The van der Waals surface area contributed by atoms with Crippen molar-refractivity contribution in [2.45, 2.75) is 64.8 Å². The number of rotatable bonds is 8. The summed E-state index contributed by atoms with van der Waals surface area (Å²) >= 11 is 0. The molecule has 2 aromatic rings. The number of hydrogen-bond donors (Lipinski definition) is 1. The molecule has 0 saturated carbocycles. The van der Waals surface area contributed by atoms with Gasteiger partial charge in [0.25, 0.3) is 0 Å². The van der Waals surface area contributed by atoms with Crippen LogP contribution >= 0.6 is 0 Å². The first kappa shape index (κ1) is 19.5. The van der Waals surface area contributed by atoms with E-state index in [1.165, 1.54) is 37.9 Å². The minimum atomic E-state index is 0.0220. The van der Waals surface area contributed by atoms with Gasteiger partial charge in [0.2, 0.25) is 11.8 Å². The Balaban J connectivity index is 1.43. The maximum atomic E-state index is 12.2. The van der Waals surface area contributed by atoms with Crippen molar-refractivity contribution >= 4 is 11.6 Å². The Hall–Kier alpha value is -2.21. The molecule has 0 bridgehead atoms. The van der Waals surface area contributed by atoms with Crippen molar-refractivity contribution in [3.63, 3.8) is 0 Å². The monoisotopic (exact) mass is 370 g/mol. The molecule has 1 aliphatic rings. The molecular formula is C21H30N4O2. The van der Waals surface area contributed by atoms with Crippen molar-refractivity contribution in [3.05, 3.63) is 41.5 Å². The van der Waals surface area contributed by atoms with E-state index in [2.05, 4.69) is 32.5 Å². The summed E-state index contributed by atoms with van der Waals surface area (Å²) in [4.78, 5) is 19.1. The van der Waals surface area contributed by atoms with Gasteiger partial charge in [-0.1, -0.05) is 37.6 Å². The maximum absolute atomic E-state index is 12.2. The minimum absolute atomic E-state index is 0.0220. The van der Waals surface area contributed by atoms with Gasteiger partial charge in [0.1, 0.15) is 0 Å².